The van der Waals surface area contributed by atoms with Crippen LogP contribution in [-0.4, -0.2) is 11.1 Å². The van der Waals surface area contributed by atoms with Crippen LogP contribution in [0, 0.1) is 3.57 Å². The third-order valence-electron chi connectivity index (χ3n) is 2.46. The number of aromatic carboxylic acids is 1. The van der Waals surface area contributed by atoms with Crippen molar-refractivity contribution in [2.45, 2.75) is 19.8 Å². The van der Waals surface area contributed by atoms with Crippen molar-refractivity contribution in [2.24, 2.45) is 0 Å². The molecule has 16 heavy (non-hydrogen) atoms. The minimum absolute atomic E-state index is 0.0842. The molecule has 0 fully saturated rings. The summed E-state index contributed by atoms with van der Waals surface area (Å²) in [6, 6.07) is 5.75. The van der Waals surface area contributed by atoms with Gasteiger partial charge in [0.05, 0.1) is 3.57 Å². The Morgan fingerprint density at radius 3 is 2.88 bits per heavy atom. The fourth-order valence-corrected chi connectivity index (χ4v) is 2.42. The van der Waals surface area contributed by atoms with Crippen molar-refractivity contribution < 1.29 is 14.3 Å². The molecule has 0 aliphatic heterocycles. The first-order valence-corrected chi connectivity index (χ1v) is 6.16. The number of carboxylic acid groups (broad SMARTS) is 1. The van der Waals surface area contributed by atoms with E-state index in [0.717, 1.165) is 27.4 Å². The van der Waals surface area contributed by atoms with Crippen LogP contribution in [0.5, 0.6) is 0 Å². The Balaban J connectivity index is 2.75. The minimum Gasteiger partial charge on any atom is -0.475 e. The summed E-state index contributed by atoms with van der Waals surface area (Å²) >= 11 is 2.15. The molecule has 0 amide bonds. The molecular formula is C12H11IO3. The van der Waals surface area contributed by atoms with Crippen LogP contribution in [0.25, 0.3) is 11.0 Å². The highest BCUT2D eigenvalue weighted by Gasteiger charge is 2.19. The molecule has 0 radical (unpaired) electrons. The minimum atomic E-state index is -0.990. The van der Waals surface area contributed by atoms with Crippen molar-refractivity contribution in [3.8, 4) is 0 Å². The number of fused-ring (bicyclic) bond motifs is 1. The summed E-state index contributed by atoms with van der Waals surface area (Å²) in [7, 11) is 0. The molecular weight excluding hydrogens is 319 g/mol. The van der Waals surface area contributed by atoms with Crippen molar-refractivity contribution in [1.29, 1.82) is 0 Å². The molecule has 0 unspecified atom stereocenters. The monoisotopic (exact) mass is 330 g/mol. The number of aryl methyl sites for hydroxylation is 1. The molecule has 1 heterocycles. The first-order chi connectivity index (χ1) is 7.65. The fraction of sp³-hybridized carbons (Fsp3) is 0.250. The van der Waals surface area contributed by atoms with E-state index >= 15 is 0 Å². The Bertz CT molecular complexity index is 542. The summed E-state index contributed by atoms with van der Waals surface area (Å²) < 4.78 is 6.38. The molecule has 0 aliphatic rings. The third-order valence-corrected chi connectivity index (χ3v) is 3.31. The number of halogens is 1. The summed E-state index contributed by atoms with van der Waals surface area (Å²) in [6.07, 6.45) is 1.63. The SMILES string of the molecule is CCCc1c(C(=O)O)oc2c(I)cccc12. The van der Waals surface area contributed by atoms with Gasteiger partial charge in [-0.2, -0.15) is 0 Å². The molecule has 0 bridgehead atoms. The molecule has 2 rings (SSSR count). The average Bonchev–Trinajstić information content (AvgIpc) is 2.60. The van der Waals surface area contributed by atoms with Crippen LogP contribution in [0.2, 0.25) is 0 Å². The zero-order valence-corrected chi connectivity index (χ0v) is 10.9. The summed E-state index contributed by atoms with van der Waals surface area (Å²) in [5.41, 5.74) is 1.49. The Labute approximate surface area is 107 Å². The van der Waals surface area contributed by atoms with E-state index in [1.54, 1.807) is 0 Å². The van der Waals surface area contributed by atoms with Crippen LogP contribution in [0.3, 0.4) is 0 Å². The van der Waals surface area contributed by atoms with Crippen LogP contribution in [0.4, 0.5) is 0 Å². The molecule has 4 heteroatoms. The normalized spacial score (nSPS) is 10.9. The number of hydrogen-bond donors (Lipinski definition) is 1. The Morgan fingerprint density at radius 2 is 2.25 bits per heavy atom. The summed E-state index contributed by atoms with van der Waals surface area (Å²) in [5, 5.41) is 10.0. The number of furan rings is 1. The van der Waals surface area contributed by atoms with Crippen LogP contribution < -0.4 is 0 Å². The highest BCUT2D eigenvalue weighted by molar-refractivity contribution is 14.1. The van der Waals surface area contributed by atoms with Gasteiger partial charge in [0.15, 0.2) is 0 Å². The van der Waals surface area contributed by atoms with Crippen molar-refractivity contribution >= 4 is 39.5 Å². The van der Waals surface area contributed by atoms with E-state index in [1.807, 2.05) is 25.1 Å². The fourth-order valence-electron chi connectivity index (χ4n) is 1.81. The number of carboxylic acids is 1. The lowest BCUT2D eigenvalue weighted by atomic mass is 10.1. The predicted molar refractivity (Wildman–Crippen MR) is 69.9 cm³/mol. The molecule has 1 aromatic heterocycles. The van der Waals surface area contributed by atoms with E-state index in [9.17, 15) is 4.79 Å². The second-order valence-corrected chi connectivity index (χ2v) is 4.74. The van der Waals surface area contributed by atoms with Gasteiger partial charge in [0.1, 0.15) is 5.58 Å². The maximum Gasteiger partial charge on any atom is 0.372 e. The molecule has 1 N–H and O–H groups in total. The molecule has 0 saturated heterocycles. The number of hydrogen-bond acceptors (Lipinski definition) is 2. The zero-order chi connectivity index (χ0) is 11.7. The number of carbonyl (C=O) groups is 1. The second-order valence-electron chi connectivity index (χ2n) is 3.58. The van der Waals surface area contributed by atoms with Gasteiger partial charge in [-0.05, 0) is 35.1 Å². The van der Waals surface area contributed by atoms with Crippen molar-refractivity contribution in [1.82, 2.24) is 0 Å². The molecule has 2 aromatic rings. The molecule has 0 aliphatic carbocycles. The predicted octanol–water partition coefficient (Wildman–Crippen LogP) is 3.69. The first kappa shape index (κ1) is 11.4. The van der Waals surface area contributed by atoms with E-state index in [1.165, 1.54) is 0 Å². The molecule has 1 aromatic carbocycles. The van der Waals surface area contributed by atoms with Gasteiger partial charge < -0.3 is 9.52 Å². The largest absolute Gasteiger partial charge is 0.475 e. The lowest BCUT2D eigenvalue weighted by molar-refractivity contribution is 0.0663. The van der Waals surface area contributed by atoms with Gasteiger partial charge in [-0.3, -0.25) is 0 Å². The zero-order valence-electron chi connectivity index (χ0n) is 8.79. The Kier molecular flexibility index (Phi) is 3.18. The van der Waals surface area contributed by atoms with Crippen LogP contribution in [-0.2, 0) is 6.42 Å². The highest BCUT2D eigenvalue weighted by Crippen LogP contribution is 2.30. The van der Waals surface area contributed by atoms with E-state index in [2.05, 4.69) is 22.6 Å². The van der Waals surface area contributed by atoms with Gasteiger partial charge in [-0.25, -0.2) is 4.79 Å². The molecule has 0 atom stereocenters. The summed E-state index contributed by atoms with van der Waals surface area (Å²) in [6.45, 7) is 2.03. The standard InChI is InChI=1S/C12H11IO3/c1-2-4-7-8-5-3-6-9(13)10(8)16-11(7)12(14)15/h3,5-6H,2,4H2,1H3,(H,14,15). The van der Waals surface area contributed by atoms with E-state index in [4.69, 9.17) is 9.52 Å². The third kappa shape index (κ3) is 1.81. The summed E-state index contributed by atoms with van der Waals surface area (Å²) in [4.78, 5) is 11.1. The second kappa shape index (κ2) is 4.45. The van der Waals surface area contributed by atoms with E-state index < -0.39 is 5.97 Å². The summed E-state index contributed by atoms with van der Waals surface area (Å²) in [5.74, 6) is -0.906. The van der Waals surface area contributed by atoms with Crippen molar-refractivity contribution in [3.05, 3.63) is 33.1 Å². The first-order valence-electron chi connectivity index (χ1n) is 5.08. The van der Waals surface area contributed by atoms with Gasteiger partial charge in [-0.15, -0.1) is 0 Å². The quantitative estimate of drug-likeness (QED) is 0.874. The van der Waals surface area contributed by atoms with Crippen molar-refractivity contribution in [3.63, 3.8) is 0 Å². The number of rotatable bonds is 3. The smallest absolute Gasteiger partial charge is 0.372 e. The van der Waals surface area contributed by atoms with Gasteiger partial charge in [0.2, 0.25) is 5.76 Å². The van der Waals surface area contributed by atoms with Crippen molar-refractivity contribution in [2.75, 3.05) is 0 Å². The maximum absolute atomic E-state index is 11.1. The van der Waals surface area contributed by atoms with Crippen LogP contribution in [0.1, 0.15) is 29.5 Å². The van der Waals surface area contributed by atoms with Gasteiger partial charge in [-0.1, -0.05) is 25.5 Å². The lowest BCUT2D eigenvalue weighted by Crippen LogP contribution is -1.98. The average molecular weight is 330 g/mol. The molecule has 0 saturated carbocycles. The number of para-hydroxylation sites is 1. The topological polar surface area (TPSA) is 50.4 Å². The van der Waals surface area contributed by atoms with Crippen LogP contribution in [0.15, 0.2) is 22.6 Å². The molecule has 0 spiro atoms. The Morgan fingerprint density at radius 1 is 1.50 bits per heavy atom. The van der Waals surface area contributed by atoms with Crippen LogP contribution >= 0.6 is 22.6 Å². The Hall–Kier alpha value is -1.04. The van der Waals surface area contributed by atoms with Gasteiger partial charge in [0, 0.05) is 10.9 Å². The molecule has 3 nitrogen and oxygen atoms in total. The van der Waals surface area contributed by atoms with E-state index in [0.29, 0.717) is 5.58 Å². The highest BCUT2D eigenvalue weighted by atomic mass is 127. The van der Waals surface area contributed by atoms with Gasteiger partial charge in [0.25, 0.3) is 0 Å². The van der Waals surface area contributed by atoms with Gasteiger partial charge >= 0.3 is 5.97 Å². The van der Waals surface area contributed by atoms with E-state index in [-0.39, 0.29) is 5.76 Å². The maximum atomic E-state index is 11.1. The number of benzene rings is 1. The lowest BCUT2D eigenvalue weighted by Gasteiger charge is -1.96. The molecule has 84 valence electrons.